The Labute approximate surface area is 194 Å². The molecule has 2 heterocycles. The van der Waals surface area contributed by atoms with E-state index in [1.54, 1.807) is 12.1 Å². The number of aromatic nitrogens is 3. The number of rotatable bonds is 8. The quantitative estimate of drug-likeness (QED) is 0.537. The lowest BCUT2D eigenvalue weighted by molar-refractivity contribution is -0.131. The van der Waals surface area contributed by atoms with Crippen molar-refractivity contribution in [3.63, 3.8) is 0 Å². The first-order valence-electron chi connectivity index (χ1n) is 12.0. The van der Waals surface area contributed by atoms with E-state index in [0.717, 1.165) is 44.0 Å². The Morgan fingerprint density at radius 2 is 1.75 bits per heavy atom. The molecule has 4 rings (SSSR count). The van der Waals surface area contributed by atoms with Crippen molar-refractivity contribution in [3.05, 3.63) is 35.9 Å². The van der Waals surface area contributed by atoms with Gasteiger partial charge in [0.15, 0.2) is 11.0 Å². The number of nitrogens with zero attached hydrogens (tertiary/aromatic N) is 5. The van der Waals surface area contributed by atoms with E-state index in [1.807, 2.05) is 9.47 Å². The third-order valence-electron chi connectivity index (χ3n) is 6.60. The molecule has 1 aromatic carbocycles. The van der Waals surface area contributed by atoms with Crippen molar-refractivity contribution in [2.45, 2.75) is 76.0 Å². The zero-order valence-electron chi connectivity index (χ0n) is 19.0. The molecule has 0 radical (unpaired) electrons. The fourth-order valence-corrected chi connectivity index (χ4v) is 5.76. The molecular formula is C24H34FN5OS. The lowest BCUT2D eigenvalue weighted by Crippen LogP contribution is -2.42. The van der Waals surface area contributed by atoms with Gasteiger partial charge in [0.2, 0.25) is 5.91 Å². The first-order valence-corrected chi connectivity index (χ1v) is 13.0. The van der Waals surface area contributed by atoms with Crippen LogP contribution in [0.1, 0.15) is 64.1 Å². The molecule has 32 heavy (non-hydrogen) atoms. The number of halogens is 1. The van der Waals surface area contributed by atoms with Crippen molar-refractivity contribution in [1.29, 1.82) is 0 Å². The minimum absolute atomic E-state index is 0.163. The lowest BCUT2D eigenvalue weighted by atomic mass is 9.94. The van der Waals surface area contributed by atoms with Crippen molar-refractivity contribution in [3.8, 4) is 5.69 Å². The molecule has 8 heteroatoms. The Hall–Kier alpha value is -1.93. The SMILES string of the molecule is CCN(C(=O)CSc1nnc(CN2CCCCC2)n1-c1ccc(F)cc1)C1CCCCC1. The molecule has 0 unspecified atom stereocenters. The van der Waals surface area contributed by atoms with E-state index >= 15 is 0 Å². The van der Waals surface area contributed by atoms with Gasteiger partial charge in [0, 0.05) is 18.3 Å². The van der Waals surface area contributed by atoms with Gasteiger partial charge in [-0.25, -0.2) is 4.39 Å². The van der Waals surface area contributed by atoms with E-state index in [2.05, 4.69) is 22.0 Å². The Morgan fingerprint density at radius 1 is 1.06 bits per heavy atom. The molecule has 2 aromatic rings. The first kappa shape index (κ1) is 23.2. The van der Waals surface area contributed by atoms with Crippen LogP contribution in [0.15, 0.2) is 29.4 Å². The van der Waals surface area contributed by atoms with Crippen LogP contribution in [0.4, 0.5) is 4.39 Å². The predicted molar refractivity (Wildman–Crippen MR) is 125 cm³/mol. The largest absolute Gasteiger partial charge is 0.339 e. The molecule has 2 fully saturated rings. The van der Waals surface area contributed by atoms with Crippen molar-refractivity contribution < 1.29 is 9.18 Å². The summed E-state index contributed by atoms with van der Waals surface area (Å²) in [6, 6.07) is 6.80. The number of benzene rings is 1. The summed E-state index contributed by atoms with van der Waals surface area (Å²) in [6.07, 6.45) is 9.59. The maximum Gasteiger partial charge on any atom is 0.233 e. The maximum atomic E-state index is 13.6. The summed E-state index contributed by atoms with van der Waals surface area (Å²) in [7, 11) is 0. The van der Waals surface area contributed by atoms with Crippen LogP contribution in [-0.4, -0.2) is 61.9 Å². The van der Waals surface area contributed by atoms with Gasteiger partial charge in [-0.15, -0.1) is 10.2 Å². The molecule has 1 aromatic heterocycles. The fourth-order valence-electron chi connectivity index (χ4n) is 4.90. The van der Waals surface area contributed by atoms with E-state index < -0.39 is 0 Å². The van der Waals surface area contributed by atoms with Crippen molar-refractivity contribution in [1.82, 2.24) is 24.6 Å². The van der Waals surface area contributed by atoms with Gasteiger partial charge >= 0.3 is 0 Å². The number of thioether (sulfide) groups is 1. The van der Waals surface area contributed by atoms with E-state index in [-0.39, 0.29) is 11.7 Å². The smallest absolute Gasteiger partial charge is 0.233 e. The predicted octanol–water partition coefficient (Wildman–Crippen LogP) is 4.67. The second-order valence-corrected chi connectivity index (χ2v) is 9.75. The zero-order chi connectivity index (χ0) is 22.3. The lowest BCUT2D eigenvalue weighted by Gasteiger charge is -2.33. The molecule has 1 aliphatic heterocycles. The molecule has 2 aliphatic rings. The summed E-state index contributed by atoms with van der Waals surface area (Å²) >= 11 is 1.43. The molecule has 0 atom stereocenters. The van der Waals surface area contributed by atoms with Crippen LogP contribution >= 0.6 is 11.8 Å². The van der Waals surface area contributed by atoms with Crippen LogP contribution in [0.3, 0.4) is 0 Å². The number of likely N-dealkylation sites (tertiary alicyclic amines) is 1. The Kier molecular flexibility index (Phi) is 8.19. The Morgan fingerprint density at radius 3 is 2.44 bits per heavy atom. The first-order chi connectivity index (χ1) is 15.7. The molecule has 174 valence electrons. The Bertz CT molecular complexity index is 875. The highest BCUT2D eigenvalue weighted by Crippen LogP contribution is 2.26. The van der Waals surface area contributed by atoms with Crippen LogP contribution in [0, 0.1) is 5.82 Å². The van der Waals surface area contributed by atoms with E-state index in [1.165, 1.54) is 62.4 Å². The van der Waals surface area contributed by atoms with Crippen LogP contribution in [0.2, 0.25) is 0 Å². The number of amides is 1. The van der Waals surface area contributed by atoms with Gasteiger partial charge < -0.3 is 4.90 Å². The number of piperidine rings is 1. The molecule has 6 nitrogen and oxygen atoms in total. The second kappa shape index (κ2) is 11.3. The molecule has 1 saturated heterocycles. The van der Waals surface area contributed by atoms with Gasteiger partial charge in [-0.1, -0.05) is 37.4 Å². The average Bonchev–Trinajstić information content (AvgIpc) is 3.22. The number of carbonyl (C=O) groups excluding carboxylic acids is 1. The molecule has 0 bridgehead atoms. The van der Waals surface area contributed by atoms with Gasteiger partial charge in [0.25, 0.3) is 0 Å². The maximum absolute atomic E-state index is 13.6. The van der Waals surface area contributed by atoms with Gasteiger partial charge in [-0.3, -0.25) is 14.3 Å². The second-order valence-electron chi connectivity index (χ2n) is 8.81. The monoisotopic (exact) mass is 459 g/mol. The number of hydrogen-bond acceptors (Lipinski definition) is 5. The summed E-state index contributed by atoms with van der Waals surface area (Å²) in [4.78, 5) is 17.5. The van der Waals surface area contributed by atoms with E-state index in [0.29, 0.717) is 23.5 Å². The zero-order valence-corrected chi connectivity index (χ0v) is 19.8. The summed E-state index contributed by atoms with van der Waals surface area (Å²) in [5.74, 6) is 1.08. The normalized spacial score (nSPS) is 18.1. The highest BCUT2D eigenvalue weighted by Gasteiger charge is 2.25. The van der Waals surface area contributed by atoms with Gasteiger partial charge in [-0.05, 0) is 70.0 Å². The third-order valence-corrected chi connectivity index (χ3v) is 7.51. The van der Waals surface area contributed by atoms with E-state index in [4.69, 9.17) is 0 Å². The van der Waals surface area contributed by atoms with Crippen molar-refractivity contribution in [2.24, 2.45) is 0 Å². The molecule has 0 N–H and O–H groups in total. The summed E-state index contributed by atoms with van der Waals surface area (Å²) in [5.41, 5.74) is 0.831. The number of carbonyl (C=O) groups is 1. The third kappa shape index (κ3) is 5.70. The van der Waals surface area contributed by atoms with Gasteiger partial charge in [-0.2, -0.15) is 0 Å². The topological polar surface area (TPSA) is 54.3 Å². The standard InChI is InChI=1S/C24H34FN5OS/c1-2-29(20-9-5-3-6-10-20)23(31)18-32-24-27-26-22(17-28-15-7-4-8-16-28)30(24)21-13-11-19(25)12-14-21/h11-14,20H,2-10,15-18H2,1H3. The minimum Gasteiger partial charge on any atom is -0.339 e. The average molecular weight is 460 g/mol. The highest BCUT2D eigenvalue weighted by atomic mass is 32.2. The highest BCUT2D eigenvalue weighted by molar-refractivity contribution is 7.99. The van der Waals surface area contributed by atoms with Gasteiger partial charge in [0.05, 0.1) is 12.3 Å². The summed E-state index contributed by atoms with van der Waals surface area (Å²) < 4.78 is 15.5. The molecule has 1 aliphatic carbocycles. The van der Waals surface area contributed by atoms with Crippen LogP contribution in [0.25, 0.3) is 5.69 Å². The van der Waals surface area contributed by atoms with Crippen LogP contribution in [-0.2, 0) is 11.3 Å². The summed E-state index contributed by atoms with van der Waals surface area (Å²) in [5, 5.41) is 9.60. The molecular weight excluding hydrogens is 425 g/mol. The van der Waals surface area contributed by atoms with E-state index in [9.17, 15) is 9.18 Å². The van der Waals surface area contributed by atoms with Crippen molar-refractivity contribution in [2.75, 3.05) is 25.4 Å². The van der Waals surface area contributed by atoms with Crippen molar-refractivity contribution >= 4 is 17.7 Å². The fraction of sp³-hybridized carbons (Fsp3) is 0.625. The van der Waals surface area contributed by atoms with Gasteiger partial charge in [0.1, 0.15) is 5.82 Å². The molecule has 1 amide bonds. The van der Waals surface area contributed by atoms with Crippen LogP contribution in [0.5, 0.6) is 0 Å². The summed E-state index contributed by atoms with van der Waals surface area (Å²) in [6.45, 7) is 5.64. The van der Waals surface area contributed by atoms with Crippen LogP contribution < -0.4 is 0 Å². The minimum atomic E-state index is -0.269. The molecule has 1 saturated carbocycles. The number of hydrogen-bond donors (Lipinski definition) is 0. The Balaban J connectivity index is 1.50. The molecule has 0 spiro atoms.